The molecule has 0 aliphatic rings. The van der Waals surface area contributed by atoms with Crippen molar-refractivity contribution in [1.82, 2.24) is 20.0 Å². The van der Waals surface area contributed by atoms with E-state index >= 15 is 0 Å². The Bertz CT molecular complexity index is 879. The Balaban J connectivity index is 1.82. The molecule has 25 heavy (non-hydrogen) atoms. The highest BCUT2D eigenvalue weighted by Crippen LogP contribution is 2.31. The molecule has 0 fully saturated rings. The maximum absolute atomic E-state index is 13.0. The van der Waals surface area contributed by atoms with Crippen LogP contribution in [-0.4, -0.2) is 20.0 Å². The van der Waals surface area contributed by atoms with Crippen molar-refractivity contribution < 1.29 is 13.2 Å². The van der Waals surface area contributed by atoms with Gasteiger partial charge in [0.2, 0.25) is 11.8 Å². The largest absolute Gasteiger partial charge is 0.423 e. The molecule has 0 bridgehead atoms. The van der Waals surface area contributed by atoms with E-state index in [4.69, 9.17) is 16.0 Å². The smallest absolute Gasteiger partial charge is 0.283 e. The van der Waals surface area contributed by atoms with Gasteiger partial charge in [-0.2, -0.15) is 5.10 Å². The first-order valence-electron chi connectivity index (χ1n) is 7.46. The van der Waals surface area contributed by atoms with Gasteiger partial charge in [0.25, 0.3) is 6.43 Å². The highest BCUT2D eigenvalue weighted by atomic mass is 79.9. The summed E-state index contributed by atoms with van der Waals surface area (Å²) in [7, 11) is 0. The Morgan fingerprint density at radius 3 is 2.52 bits per heavy atom. The van der Waals surface area contributed by atoms with Crippen molar-refractivity contribution in [2.45, 2.75) is 32.7 Å². The van der Waals surface area contributed by atoms with Crippen molar-refractivity contribution in [2.24, 2.45) is 0 Å². The molecular formula is C16H14BrClF2N4O. The molecule has 0 spiro atoms. The molecule has 0 saturated carbocycles. The van der Waals surface area contributed by atoms with E-state index < -0.39 is 12.5 Å². The van der Waals surface area contributed by atoms with Crippen LogP contribution < -0.4 is 0 Å². The summed E-state index contributed by atoms with van der Waals surface area (Å²) < 4.78 is 33.4. The van der Waals surface area contributed by atoms with Crippen LogP contribution in [0.25, 0.3) is 0 Å². The lowest BCUT2D eigenvalue weighted by Gasteiger charge is -2.09. The zero-order chi connectivity index (χ0) is 18.1. The van der Waals surface area contributed by atoms with Gasteiger partial charge in [0.1, 0.15) is 11.7 Å². The Labute approximate surface area is 156 Å². The summed E-state index contributed by atoms with van der Waals surface area (Å²) in [5.41, 5.74) is 1.25. The monoisotopic (exact) mass is 430 g/mol. The van der Waals surface area contributed by atoms with Crippen molar-refractivity contribution in [1.29, 1.82) is 0 Å². The van der Waals surface area contributed by atoms with E-state index in [-0.39, 0.29) is 10.2 Å². The minimum Gasteiger partial charge on any atom is -0.423 e. The molecule has 5 nitrogen and oxygen atoms in total. The number of aromatic nitrogens is 4. The fourth-order valence-electron chi connectivity index (χ4n) is 2.43. The first-order chi connectivity index (χ1) is 11.9. The molecule has 0 unspecified atom stereocenters. The van der Waals surface area contributed by atoms with E-state index in [1.165, 1.54) is 4.68 Å². The molecule has 0 amide bonds. The average Bonchev–Trinajstić information content (AvgIpc) is 3.15. The van der Waals surface area contributed by atoms with Crippen LogP contribution in [-0.2, 0) is 6.42 Å². The van der Waals surface area contributed by atoms with Gasteiger partial charge in [0.05, 0.1) is 16.6 Å². The lowest BCUT2D eigenvalue weighted by atomic mass is 10.1. The van der Waals surface area contributed by atoms with Crippen LogP contribution in [0, 0.1) is 6.92 Å². The van der Waals surface area contributed by atoms with Crippen molar-refractivity contribution in [3.05, 3.63) is 62.5 Å². The van der Waals surface area contributed by atoms with Crippen molar-refractivity contribution in [2.75, 3.05) is 0 Å². The van der Waals surface area contributed by atoms with Gasteiger partial charge in [-0.05, 0) is 47.5 Å². The van der Waals surface area contributed by atoms with Gasteiger partial charge in [-0.3, -0.25) is 4.68 Å². The Morgan fingerprint density at radius 2 is 1.92 bits per heavy atom. The van der Waals surface area contributed by atoms with Crippen LogP contribution in [0.5, 0.6) is 0 Å². The zero-order valence-corrected chi connectivity index (χ0v) is 15.7. The zero-order valence-electron chi connectivity index (χ0n) is 13.4. The number of halogens is 4. The van der Waals surface area contributed by atoms with E-state index in [2.05, 4.69) is 31.2 Å². The first kappa shape index (κ1) is 18.0. The molecule has 3 rings (SSSR count). The summed E-state index contributed by atoms with van der Waals surface area (Å²) in [6, 6.07) is 6.86. The molecule has 0 radical (unpaired) electrons. The number of rotatable bonds is 5. The average molecular weight is 432 g/mol. The molecule has 2 heterocycles. The predicted octanol–water partition coefficient (Wildman–Crippen LogP) is 5.13. The summed E-state index contributed by atoms with van der Waals surface area (Å²) in [6.45, 7) is 3.46. The first-order valence-corrected chi connectivity index (χ1v) is 8.63. The third kappa shape index (κ3) is 3.74. The lowest BCUT2D eigenvalue weighted by Crippen LogP contribution is -2.11. The summed E-state index contributed by atoms with van der Waals surface area (Å²) in [6.07, 6.45) is -2.20. The third-order valence-corrected chi connectivity index (χ3v) is 5.02. The van der Waals surface area contributed by atoms with E-state index in [0.29, 0.717) is 28.9 Å². The summed E-state index contributed by atoms with van der Waals surface area (Å²) in [4.78, 5) is 0. The molecule has 3 aromatic rings. The Kier molecular flexibility index (Phi) is 5.19. The fraction of sp³-hybridized carbons (Fsp3) is 0.312. The SMILES string of the molecule is Cc1c(Br)c(C(F)F)nn1[C@@H](C)c1nnc(Cc2ccc(Cl)cc2)o1. The fourth-order valence-corrected chi connectivity index (χ4v) is 2.99. The lowest BCUT2D eigenvalue weighted by molar-refractivity contribution is 0.144. The van der Waals surface area contributed by atoms with Crippen molar-refractivity contribution >= 4 is 27.5 Å². The molecule has 132 valence electrons. The van der Waals surface area contributed by atoms with Crippen LogP contribution in [0.2, 0.25) is 5.02 Å². The minimum atomic E-state index is -2.66. The molecule has 1 aromatic carbocycles. The second kappa shape index (κ2) is 7.21. The quantitative estimate of drug-likeness (QED) is 0.562. The van der Waals surface area contributed by atoms with Gasteiger partial charge < -0.3 is 4.42 Å². The van der Waals surface area contributed by atoms with Gasteiger partial charge >= 0.3 is 0 Å². The van der Waals surface area contributed by atoms with E-state index in [1.54, 1.807) is 26.0 Å². The van der Waals surface area contributed by atoms with Crippen LogP contribution >= 0.6 is 27.5 Å². The second-order valence-corrected chi connectivity index (χ2v) is 6.77. The van der Waals surface area contributed by atoms with Gasteiger partial charge in [-0.1, -0.05) is 23.7 Å². The molecule has 2 aromatic heterocycles. The number of hydrogen-bond acceptors (Lipinski definition) is 4. The van der Waals surface area contributed by atoms with E-state index in [9.17, 15) is 8.78 Å². The van der Waals surface area contributed by atoms with Gasteiger partial charge in [-0.15, -0.1) is 10.2 Å². The molecule has 0 aliphatic carbocycles. The third-order valence-electron chi connectivity index (χ3n) is 3.78. The van der Waals surface area contributed by atoms with Crippen LogP contribution in [0.15, 0.2) is 33.2 Å². The van der Waals surface area contributed by atoms with Crippen LogP contribution in [0.1, 0.15) is 48.1 Å². The molecule has 9 heteroatoms. The standard InChI is InChI=1S/C16H14BrClF2N4O/c1-8-13(17)14(15(19)20)23-24(8)9(2)16-22-21-12(25-16)7-10-3-5-11(18)6-4-10/h3-6,9,15H,7H2,1-2H3/t9-/m0/s1. The highest BCUT2D eigenvalue weighted by molar-refractivity contribution is 9.10. The maximum atomic E-state index is 13.0. The summed E-state index contributed by atoms with van der Waals surface area (Å²) >= 11 is 9.02. The van der Waals surface area contributed by atoms with Gasteiger partial charge in [0, 0.05) is 5.02 Å². The Morgan fingerprint density at radius 1 is 1.24 bits per heavy atom. The number of alkyl halides is 2. The molecule has 0 saturated heterocycles. The second-order valence-electron chi connectivity index (χ2n) is 5.54. The van der Waals surface area contributed by atoms with Crippen LogP contribution in [0.3, 0.4) is 0 Å². The molecule has 1 atom stereocenters. The minimum absolute atomic E-state index is 0.287. The molecular weight excluding hydrogens is 418 g/mol. The van der Waals surface area contributed by atoms with Gasteiger partial charge in [0.15, 0.2) is 0 Å². The number of benzene rings is 1. The molecule has 0 aliphatic heterocycles. The van der Waals surface area contributed by atoms with E-state index in [1.807, 2.05) is 12.1 Å². The van der Waals surface area contributed by atoms with Crippen molar-refractivity contribution in [3.8, 4) is 0 Å². The maximum Gasteiger partial charge on any atom is 0.283 e. The highest BCUT2D eigenvalue weighted by Gasteiger charge is 2.25. The number of nitrogens with zero attached hydrogens (tertiary/aromatic N) is 4. The number of hydrogen-bond donors (Lipinski definition) is 0. The Hall–Kier alpha value is -1.80. The normalized spacial score (nSPS) is 12.8. The topological polar surface area (TPSA) is 56.7 Å². The summed E-state index contributed by atoms with van der Waals surface area (Å²) in [5, 5.41) is 12.7. The van der Waals surface area contributed by atoms with Gasteiger partial charge in [-0.25, -0.2) is 8.78 Å². The summed E-state index contributed by atoms with van der Waals surface area (Å²) in [5.74, 6) is 0.741. The van der Waals surface area contributed by atoms with Crippen LogP contribution in [0.4, 0.5) is 8.78 Å². The van der Waals surface area contributed by atoms with Crippen molar-refractivity contribution in [3.63, 3.8) is 0 Å². The predicted molar refractivity (Wildman–Crippen MR) is 92.0 cm³/mol. The molecule has 0 N–H and O–H groups in total. The van der Waals surface area contributed by atoms with E-state index in [0.717, 1.165) is 5.56 Å².